The third kappa shape index (κ3) is 5.14. The van der Waals surface area contributed by atoms with Gasteiger partial charge in [-0.25, -0.2) is 0 Å². The molecule has 0 bridgehead atoms. The molecule has 6 nitrogen and oxygen atoms in total. The van der Waals surface area contributed by atoms with Crippen molar-refractivity contribution in [1.82, 2.24) is 10.3 Å². The highest BCUT2D eigenvalue weighted by Crippen LogP contribution is 2.29. The van der Waals surface area contributed by atoms with Gasteiger partial charge in [-0.15, -0.1) is 0 Å². The van der Waals surface area contributed by atoms with Gasteiger partial charge in [0.1, 0.15) is 5.60 Å². The van der Waals surface area contributed by atoms with Gasteiger partial charge in [0.2, 0.25) is 0 Å². The number of nitrogens with one attached hydrogen (secondary N) is 2. The van der Waals surface area contributed by atoms with Gasteiger partial charge in [0, 0.05) is 11.1 Å². The molecule has 1 aliphatic heterocycles. The Morgan fingerprint density at radius 2 is 1.84 bits per heavy atom. The number of ether oxygens (including phenoxy) is 1. The summed E-state index contributed by atoms with van der Waals surface area (Å²) in [7, 11) is 0. The maximum absolute atomic E-state index is 12.1. The van der Waals surface area contributed by atoms with Crippen molar-refractivity contribution in [1.29, 1.82) is 0 Å². The van der Waals surface area contributed by atoms with E-state index in [1.807, 2.05) is 51.1 Å². The number of H-pyrrole nitrogens is 1. The molecule has 2 heterocycles. The highest BCUT2D eigenvalue weighted by Gasteiger charge is 2.33. The number of fused-ring (bicyclic) bond motifs is 1. The molecule has 0 saturated carbocycles. The smallest absolute Gasteiger partial charge is 0.293 e. The number of para-hydroxylation sites is 1. The van der Waals surface area contributed by atoms with E-state index in [9.17, 15) is 14.7 Å². The van der Waals surface area contributed by atoms with Crippen LogP contribution >= 0.6 is 0 Å². The Morgan fingerprint density at radius 1 is 1.20 bits per heavy atom. The molecule has 0 aliphatic carbocycles. The van der Waals surface area contributed by atoms with Crippen LogP contribution in [0.15, 0.2) is 35.1 Å². The second kappa shape index (κ2) is 7.80. The molecule has 0 spiro atoms. The fourth-order valence-corrected chi connectivity index (χ4v) is 2.75. The number of aromatic nitrogens is 1. The molecule has 0 amide bonds. The first-order valence-electron chi connectivity index (χ1n) is 8.42. The van der Waals surface area contributed by atoms with Crippen molar-refractivity contribution in [3.63, 3.8) is 0 Å². The highest BCUT2D eigenvalue weighted by atomic mass is 16.5. The predicted molar refractivity (Wildman–Crippen MR) is 97.5 cm³/mol. The number of aliphatic hydroxyl groups is 1. The number of piperidine rings is 1. The normalized spacial score (nSPS) is 16.6. The van der Waals surface area contributed by atoms with Crippen LogP contribution in [0, 0.1) is 0 Å². The summed E-state index contributed by atoms with van der Waals surface area (Å²) >= 11 is 0. The molecule has 1 saturated heterocycles. The zero-order chi connectivity index (χ0) is 18.5. The second-order valence-electron chi connectivity index (χ2n) is 7.21. The third-order valence-electron chi connectivity index (χ3n) is 4.09. The fourth-order valence-electron chi connectivity index (χ4n) is 2.75. The number of carbonyl (C=O) groups excluding carboxylic acids is 1. The first kappa shape index (κ1) is 19.1. The molecule has 25 heavy (non-hydrogen) atoms. The topological polar surface area (TPSA) is 91.4 Å². The van der Waals surface area contributed by atoms with E-state index < -0.39 is 5.60 Å². The number of hydrogen-bond donors (Lipinski definition) is 3. The molecule has 0 atom stereocenters. The van der Waals surface area contributed by atoms with Gasteiger partial charge in [-0.2, -0.15) is 0 Å². The minimum Gasteiger partial charge on any atom is -0.462 e. The van der Waals surface area contributed by atoms with E-state index in [0.717, 1.165) is 24.0 Å². The van der Waals surface area contributed by atoms with Crippen molar-refractivity contribution >= 4 is 17.4 Å². The molecule has 0 radical (unpaired) electrons. The van der Waals surface area contributed by atoms with E-state index in [-0.39, 0.29) is 11.2 Å². The van der Waals surface area contributed by atoms with Crippen LogP contribution in [-0.4, -0.2) is 35.3 Å². The molecule has 3 rings (SSSR count). The molecule has 3 N–H and O–H groups in total. The van der Waals surface area contributed by atoms with E-state index in [2.05, 4.69) is 15.0 Å². The molecule has 1 aromatic carbocycles. The average Bonchev–Trinajstić information content (AvgIpc) is 2.54. The molecule has 1 fully saturated rings. The second-order valence-corrected chi connectivity index (χ2v) is 7.21. The monoisotopic (exact) mass is 346 g/mol. The van der Waals surface area contributed by atoms with Crippen LogP contribution in [-0.2, 0) is 15.1 Å². The lowest BCUT2D eigenvalue weighted by molar-refractivity contribution is -0.138. The number of aromatic amines is 1. The molecule has 2 aromatic rings. The lowest BCUT2D eigenvalue weighted by Gasteiger charge is -2.32. The van der Waals surface area contributed by atoms with Crippen molar-refractivity contribution in [3.8, 4) is 0 Å². The highest BCUT2D eigenvalue weighted by molar-refractivity contribution is 5.78. The van der Waals surface area contributed by atoms with E-state index in [1.54, 1.807) is 0 Å². The number of benzene rings is 1. The van der Waals surface area contributed by atoms with Crippen LogP contribution in [0.3, 0.4) is 0 Å². The minimum absolute atomic E-state index is 0.182. The van der Waals surface area contributed by atoms with Gasteiger partial charge in [-0.1, -0.05) is 18.2 Å². The van der Waals surface area contributed by atoms with Gasteiger partial charge in [0.25, 0.3) is 12.0 Å². The van der Waals surface area contributed by atoms with E-state index in [0.29, 0.717) is 24.9 Å². The lowest BCUT2D eigenvalue weighted by Crippen LogP contribution is -2.42. The molecule has 6 heteroatoms. The van der Waals surface area contributed by atoms with Gasteiger partial charge < -0.3 is 20.1 Å². The summed E-state index contributed by atoms with van der Waals surface area (Å²) in [5.41, 5.74) is -0.200. The van der Waals surface area contributed by atoms with Crippen LogP contribution in [0.1, 0.15) is 39.2 Å². The Bertz CT molecular complexity index is 771. The number of rotatable bonds is 2. The summed E-state index contributed by atoms with van der Waals surface area (Å²) in [6.07, 6.45) is 1.16. The van der Waals surface area contributed by atoms with Crippen molar-refractivity contribution in [3.05, 3.63) is 46.2 Å². The Morgan fingerprint density at radius 3 is 2.40 bits per heavy atom. The Hall–Kier alpha value is -2.18. The van der Waals surface area contributed by atoms with Crippen LogP contribution in [0.4, 0.5) is 0 Å². The van der Waals surface area contributed by atoms with E-state index in [1.165, 1.54) is 0 Å². The number of pyridine rings is 1. The standard InChI is InChI=1S/C14H16N2O2.C5H10O2/c17-13-11(14(18)5-7-15-8-6-14)9-10-3-1-2-4-12(10)16-13;1-5(2,3)7-4-6/h1-4,9,15,18H,5-8H2,(H,16,17);4H,1-3H3. The summed E-state index contributed by atoms with van der Waals surface area (Å²) in [5.74, 6) is 0. The average molecular weight is 346 g/mol. The molecule has 0 unspecified atom stereocenters. The zero-order valence-corrected chi connectivity index (χ0v) is 15.0. The maximum Gasteiger partial charge on any atom is 0.293 e. The summed E-state index contributed by atoms with van der Waals surface area (Å²) in [6, 6.07) is 9.44. The molecule has 1 aliphatic rings. The Balaban J connectivity index is 0.000000277. The first-order chi connectivity index (χ1) is 11.7. The summed E-state index contributed by atoms with van der Waals surface area (Å²) in [6.45, 7) is 7.40. The maximum atomic E-state index is 12.1. The zero-order valence-electron chi connectivity index (χ0n) is 15.0. The summed E-state index contributed by atoms with van der Waals surface area (Å²) in [5, 5.41) is 14.8. The fraction of sp³-hybridized carbons (Fsp3) is 0.474. The third-order valence-corrected chi connectivity index (χ3v) is 4.09. The Kier molecular flexibility index (Phi) is 5.98. The first-order valence-corrected chi connectivity index (χ1v) is 8.42. The summed E-state index contributed by atoms with van der Waals surface area (Å²) < 4.78 is 4.55. The Labute approximate surface area is 147 Å². The lowest BCUT2D eigenvalue weighted by atomic mass is 9.85. The molecule has 136 valence electrons. The van der Waals surface area contributed by atoms with Crippen molar-refractivity contribution in [2.45, 2.75) is 44.8 Å². The molecule has 1 aromatic heterocycles. The van der Waals surface area contributed by atoms with Gasteiger partial charge in [-0.05, 0) is 64.2 Å². The molecular weight excluding hydrogens is 320 g/mol. The van der Waals surface area contributed by atoms with E-state index >= 15 is 0 Å². The largest absolute Gasteiger partial charge is 0.462 e. The van der Waals surface area contributed by atoms with Crippen molar-refractivity contribution in [2.24, 2.45) is 0 Å². The van der Waals surface area contributed by atoms with Gasteiger partial charge in [0.05, 0.1) is 5.60 Å². The van der Waals surface area contributed by atoms with Gasteiger partial charge in [0.15, 0.2) is 0 Å². The number of carbonyl (C=O) groups is 1. The van der Waals surface area contributed by atoms with Crippen LogP contribution in [0.5, 0.6) is 0 Å². The van der Waals surface area contributed by atoms with Crippen molar-refractivity contribution < 1.29 is 14.6 Å². The number of hydrogen-bond acceptors (Lipinski definition) is 5. The van der Waals surface area contributed by atoms with Crippen molar-refractivity contribution in [2.75, 3.05) is 13.1 Å². The quantitative estimate of drug-likeness (QED) is 0.724. The minimum atomic E-state index is -0.997. The van der Waals surface area contributed by atoms with E-state index in [4.69, 9.17) is 0 Å². The molecular formula is C19H26N2O4. The van der Waals surface area contributed by atoms with Gasteiger partial charge >= 0.3 is 0 Å². The SMILES string of the molecule is CC(C)(C)OC=O.O=c1[nH]c2ccccc2cc1C1(O)CCNCC1. The predicted octanol–water partition coefficient (Wildman–Crippen LogP) is 2.06. The summed E-state index contributed by atoms with van der Waals surface area (Å²) in [4.78, 5) is 24.5. The van der Waals surface area contributed by atoms with Gasteiger partial charge in [-0.3, -0.25) is 9.59 Å². The van der Waals surface area contributed by atoms with Crippen LogP contribution in [0.25, 0.3) is 10.9 Å². The van der Waals surface area contributed by atoms with Crippen LogP contribution in [0.2, 0.25) is 0 Å². The van der Waals surface area contributed by atoms with Crippen LogP contribution < -0.4 is 10.9 Å².